The van der Waals surface area contributed by atoms with Crippen LogP contribution in [0.25, 0.3) is 0 Å². The molecule has 1 amide bonds. The van der Waals surface area contributed by atoms with Gasteiger partial charge in [0.1, 0.15) is 17.3 Å². The van der Waals surface area contributed by atoms with Crippen LogP contribution >= 0.6 is 15.9 Å². The van der Waals surface area contributed by atoms with Crippen LogP contribution in [0.15, 0.2) is 33.7 Å². The molecular formula is C26H29BrF4N4O2. The van der Waals surface area contributed by atoms with Crippen LogP contribution in [0.3, 0.4) is 0 Å². The molecule has 2 heterocycles. The zero-order chi connectivity index (χ0) is 26.9. The van der Waals surface area contributed by atoms with Crippen LogP contribution in [-0.2, 0) is 22.3 Å². The molecule has 0 spiro atoms. The predicted molar refractivity (Wildman–Crippen MR) is 136 cm³/mol. The summed E-state index contributed by atoms with van der Waals surface area (Å²) >= 11 is 3.35. The molecule has 37 heavy (non-hydrogen) atoms. The Morgan fingerprint density at radius 3 is 2.49 bits per heavy atom. The fourth-order valence-corrected chi connectivity index (χ4v) is 4.84. The van der Waals surface area contributed by atoms with Gasteiger partial charge in [-0.1, -0.05) is 15.9 Å². The van der Waals surface area contributed by atoms with Crippen LogP contribution in [0, 0.1) is 11.7 Å². The molecule has 0 unspecified atom stereocenters. The molecule has 4 rings (SSSR count). The van der Waals surface area contributed by atoms with E-state index in [2.05, 4.69) is 25.9 Å². The van der Waals surface area contributed by atoms with Crippen LogP contribution in [0.4, 0.5) is 23.2 Å². The Hall–Kier alpha value is -2.53. The number of nitrogens with zero attached hydrogens (tertiary/aromatic N) is 3. The number of carbonyl (C=O) groups excluding carboxylic acids is 1. The molecule has 1 aromatic carbocycles. The van der Waals surface area contributed by atoms with Gasteiger partial charge in [-0.3, -0.25) is 4.79 Å². The van der Waals surface area contributed by atoms with Crippen molar-refractivity contribution in [3.63, 3.8) is 0 Å². The maximum atomic E-state index is 14.7. The molecule has 2 fully saturated rings. The molecule has 2 aromatic rings. The third-order valence-electron chi connectivity index (χ3n) is 6.57. The number of anilines is 1. The van der Waals surface area contributed by atoms with Crippen molar-refractivity contribution >= 4 is 33.4 Å². The van der Waals surface area contributed by atoms with E-state index < -0.39 is 23.7 Å². The zero-order valence-corrected chi connectivity index (χ0v) is 22.2. The van der Waals surface area contributed by atoms with Gasteiger partial charge in [-0.2, -0.15) is 18.2 Å². The number of halogens is 5. The number of carbonyl (C=O) groups is 1. The van der Waals surface area contributed by atoms with E-state index in [1.807, 2.05) is 24.8 Å². The molecule has 1 saturated carbocycles. The summed E-state index contributed by atoms with van der Waals surface area (Å²) in [4.78, 5) is 22.8. The summed E-state index contributed by atoms with van der Waals surface area (Å²) in [5.74, 6) is -1.39. The van der Waals surface area contributed by atoms with Gasteiger partial charge < -0.3 is 15.4 Å². The molecule has 0 bridgehead atoms. The topological polar surface area (TPSA) is 80.8 Å². The van der Waals surface area contributed by atoms with Crippen molar-refractivity contribution < 1.29 is 27.1 Å². The third kappa shape index (κ3) is 6.67. The minimum Gasteiger partial charge on any atom is -0.383 e. The molecule has 2 aliphatic rings. The number of piperidine rings is 1. The summed E-state index contributed by atoms with van der Waals surface area (Å²) in [6, 6.07) is 5.37. The molecule has 2 N–H and O–H groups in total. The predicted octanol–water partition coefficient (Wildman–Crippen LogP) is 5.95. The van der Waals surface area contributed by atoms with E-state index in [1.54, 1.807) is 0 Å². The molecule has 11 heteroatoms. The number of pyridine rings is 1. The van der Waals surface area contributed by atoms with Crippen LogP contribution < -0.4 is 10.6 Å². The van der Waals surface area contributed by atoms with Crippen LogP contribution in [0.1, 0.15) is 68.0 Å². The first-order chi connectivity index (χ1) is 17.4. The number of ether oxygens (including phenoxy) is 1. The van der Waals surface area contributed by atoms with Gasteiger partial charge in [0.05, 0.1) is 18.4 Å². The van der Waals surface area contributed by atoms with E-state index in [0.29, 0.717) is 41.7 Å². The van der Waals surface area contributed by atoms with Crippen molar-refractivity contribution in [3.8, 4) is 0 Å². The fraction of sp³-hybridized carbons (Fsp3) is 0.500. The average molecular weight is 585 g/mol. The Morgan fingerprint density at radius 1 is 1.22 bits per heavy atom. The van der Waals surface area contributed by atoms with E-state index in [9.17, 15) is 22.4 Å². The minimum atomic E-state index is -4.56. The number of benzene rings is 1. The highest BCUT2D eigenvalue weighted by Crippen LogP contribution is 2.42. The first-order valence-corrected chi connectivity index (χ1v) is 13.0. The Kier molecular flexibility index (Phi) is 8.23. The lowest BCUT2D eigenvalue weighted by molar-refractivity contribution is -0.141. The lowest BCUT2D eigenvalue weighted by Crippen LogP contribution is -2.37. The molecule has 200 valence electrons. The normalized spacial score (nSPS) is 17.5. The molecule has 1 aliphatic heterocycles. The second-order valence-corrected chi connectivity index (χ2v) is 10.7. The maximum absolute atomic E-state index is 14.7. The number of amidine groups is 1. The van der Waals surface area contributed by atoms with Crippen molar-refractivity contribution in [3.05, 3.63) is 57.1 Å². The van der Waals surface area contributed by atoms with Crippen molar-refractivity contribution in [2.24, 2.45) is 16.6 Å². The Balaban J connectivity index is 1.47. The van der Waals surface area contributed by atoms with Crippen molar-refractivity contribution in [1.29, 1.82) is 0 Å². The summed E-state index contributed by atoms with van der Waals surface area (Å²) in [7, 11) is 0. The number of amides is 1. The van der Waals surface area contributed by atoms with Crippen LogP contribution in [0.5, 0.6) is 0 Å². The Bertz CT molecular complexity index is 1190. The second kappa shape index (κ2) is 11.1. The van der Waals surface area contributed by atoms with Gasteiger partial charge in [-0.25, -0.2) is 9.37 Å². The smallest absolute Gasteiger partial charge is 0.383 e. The number of hydrogen-bond acceptors (Lipinski definition) is 4. The van der Waals surface area contributed by atoms with E-state index in [4.69, 9.17) is 10.5 Å². The lowest BCUT2D eigenvalue weighted by atomic mass is 9.95. The molecule has 0 atom stereocenters. The van der Waals surface area contributed by atoms with E-state index in [0.717, 1.165) is 18.9 Å². The summed E-state index contributed by atoms with van der Waals surface area (Å²) in [5.41, 5.74) is 6.81. The highest BCUT2D eigenvalue weighted by molar-refractivity contribution is 9.10. The van der Waals surface area contributed by atoms with Gasteiger partial charge >= 0.3 is 6.18 Å². The van der Waals surface area contributed by atoms with Crippen molar-refractivity contribution in [1.82, 2.24) is 4.98 Å². The quantitative estimate of drug-likeness (QED) is 0.247. The van der Waals surface area contributed by atoms with Crippen molar-refractivity contribution in [2.75, 3.05) is 18.0 Å². The molecule has 1 aliphatic carbocycles. The zero-order valence-electron chi connectivity index (χ0n) is 20.6. The van der Waals surface area contributed by atoms with Crippen LogP contribution in [-0.4, -0.2) is 35.9 Å². The highest BCUT2D eigenvalue weighted by atomic mass is 79.9. The molecule has 1 saturated heterocycles. The largest absolute Gasteiger partial charge is 0.433 e. The average Bonchev–Trinajstić information content (AvgIpc) is 3.67. The molecule has 6 nitrogen and oxygen atoms in total. The van der Waals surface area contributed by atoms with Crippen molar-refractivity contribution in [2.45, 2.75) is 64.3 Å². The number of rotatable bonds is 7. The monoisotopic (exact) mass is 584 g/mol. The highest BCUT2D eigenvalue weighted by Gasteiger charge is 2.36. The van der Waals surface area contributed by atoms with Crippen LogP contribution in [0.2, 0.25) is 0 Å². The summed E-state index contributed by atoms with van der Waals surface area (Å²) < 4.78 is 60.4. The maximum Gasteiger partial charge on any atom is 0.433 e. The first-order valence-electron chi connectivity index (χ1n) is 12.2. The fourth-order valence-electron chi connectivity index (χ4n) is 4.42. The van der Waals surface area contributed by atoms with Gasteiger partial charge in [-0.15, -0.1) is 0 Å². The van der Waals surface area contributed by atoms with Gasteiger partial charge in [-0.05, 0) is 63.8 Å². The number of aromatic nitrogens is 1. The second-order valence-electron chi connectivity index (χ2n) is 9.74. The van der Waals surface area contributed by atoms with Gasteiger partial charge in [0, 0.05) is 46.2 Å². The number of nitrogens with two attached hydrogens (primary N) is 1. The van der Waals surface area contributed by atoms with Gasteiger partial charge in [0.25, 0.3) is 5.91 Å². The van der Waals surface area contributed by atoms with E-state index in [1.165, 1.54) is 12.1 Å². The van der Waals surface area contributed by atoms with Gasteiger partial charge in [0.2, 0.25) is 0 Å². The molecular weight excluding hydrogens is 556 g/mol. The third-order valence-corrected chi connectivity index (χ3v) is 7.03. The SMILES string of the molecule is CC(C)OCc1c(F)cc(Br)cc1N1CCC(C(=O)N=C(N)c2ccc(C(F)(F)F)nc2C2CC2)CC1. The minimum absolute atomic E-state index is 0.0529. The van der Waals surface area contributed by atoms with E-state index >= 15 is 0 Å². The summed E-state index contributed by atoms with van der Waals surface area (Å²) in [6.07, 6.45) is -2.20. The molecule has 0 radical (unpaired) electrons. The number of alkyl halides is 3. The Morgan fingerprint density at radius 2 is 1.89 bits per heavy atom. The number of aliphatic imine (C=N–C) groups is 1. The standard InChI is InChI=1S/C26H29BrF4N4O2/c1-14(2)37-13-19-20(28)11-17(27)12-21(19)35-9-7-16(8-10-35)25(36)34-24(32)18-5-6-22(26(29,30)31)33-23(18)15-3-4-15/h5-6,11-12,14-16H,3-4,7-10,13H2,1-2H3,(H2,32,34,36). The molecule has 1 aromatic heterocycles. The summed E-state index contributed by atoms with van der Waals surface area (Å²) in [5, 5.41) is 0. The first kappa shape index (κ1) is 27.5. The Labute approximate surface area is 221 Å². The van der Waals surface area contributed by atoms with E-state index in [-0.39, 0.29) is 41.5 Å². The van der Waals surface area contributed by atoms with Gasteiger partial charge in [0.15, 0.2) is 0 Å². The summed E-state index contributed by atoms with van der Waals surface area (Å²) in [6.45, 7) is 4.91. The lowest BCUT2D eigenvalue weighted by Gasteiger charge is -2.34. The number of hydrogen-bond donors (Lipinski definition) is 1.